The molecule has 0 unspecified atom stereocenters. The summed E-state index contributed by atoms with van der Waals surface area (Å²) in [5.41, 5.74) is 13.5. The number of aliphatic hydroxyl groups excluding tert-OH is 3. The zero-order chi connectivity index (χ0) is 51.7. The Morgan fingerprint density at radius 2 is 0.866 bits per heavy atom. The number of carboxylic acids is 2. The lowest BCUT2D eigenvalue weighted by molar-refractivity contribution is -0.156. The molecule has 3 amide bonds. The van der Waals surface area contributed by atoms with Crippen molar-refractivity contribution in [1.29, 1.82) is 0 Å². The maximum Gasteiger partial charge on any atom is 0.328 e. The summed E-state index contributed by atoms with van der Waals surface area (Å²) in [6, 6.07) is 25.8. The van der Waals surface area contributed by atoms with Crippen molar-refractivity contribution in [1.82, 2.24) is 16.0 Å². The van der Waals surface area contributed by atoms with Gasteiger partial charge in [-0.1, -0.05) is 91.0 Å². The molecular formula is C46H67N5O16. The monoisotopic (exact) mass is 945 g/mol. The number of ketones is 2. The number of nitrogens with two attached hydrogens (primary N) is 2. The molecule has 0 radical (unpaired) electrons. The van der Waals surface area contributed by atoms with E-state index in [1.807, 2.05) is 96.3 Å². The molecule has 0 aliphatic carbocycles. The minimum atomic E-state index is -1.24. The number of nitrogens with one attached hydrogen (secondary N) is 3. The molecule has 3 rings (SSSR count). The van der Waals surface area contributed by atoms with E-state index in [1.54, 1.807) is 0 Å². The highest BCUT2D eigenvalue weighted by Gasteiger charge is 2.19. The fourth-order valence-corrected chi connectivity index (χ4v) is 4.60. The second-order valence-electron chi connectivity index (χ2n) is 13.7. The van der Waals surface area contributed by atoms with Crippen LogP contribution in [0.5, 0.6) is 0 Å². The lowest BCUT2D eigenvalue weighted by atomic mass is 10.0. The number of methoxy groups -OCH3 is 1. The predicted molar refractivity (Wildman–Crippen MR) is 246 cm³/mol. The summed E-state index contributed by atoms with van der Waals surface area (Å²) in [4.78, 5) is 95.1. The molecule has 21 nitrogen and oxygen atoms in total. The van der Waals surface area contributed by atoms with E-state index in [0.717, 1.165) is 11.1 Å². The van der Waals surface area contributed by atoms with Gasteiger partial charge in [-0.2, -0.15) is 0 Å². The molecule has 67 heavy (non-hydrogen) atoms. The van der Waals surface area contributed by atoms with Gasteiger partial charge < -0.3 is 62.4 Å². The predicted octanol–water partition coefficient (Wildman–Crippen LogP) is 0.225. The van der Waals surface area contributed by atoms with Gasteiger partial charge in [0.2, 0.25) is 17.7 Å². The number of ether oxygens (including phenoxy) is 2. The number of carboxylic acid groups (broad SMARTS) is 2. The van der Waals surface area contributed by atoms with Crippen molar-refractivity contribution < 1.29 is 78.2 Å². The van der Waals surface area contributed by atoms with Gasteiger partial charge in [-0.25, -0.2) is 4.79 Å². The van der Waals surface area contributed by atoms with Gasteiger partial charge in [-0.15, -0.1) is 0 Å². The molecule has 0 saturated heterocycles. The molecule has 0 bridgehead atoms. The topological polar surface area (TPSA) is 361 Å². The lowest BCUT2D eigenvalue weighted by Crippen LogP contribution is -2.43. The molecule has 3 aromatic carbocycles. The second-order valence-corrected chi connectivity index (χ2v) is 13.7. The van der Waals surface area contributed by atoms with Gasteiger partial charge in [0, 0.05) is 61.1 Å². The number of Topliss-reactive ketones (excluding diaryl/α,β-unsaturated/α-hetero) is 2. The molecule has 372 valence electrons. The molecule has 0 aliphatic rings. The van der Waals surface area contributed by atoms with Gasteiger partial charge in [0.15, 0.2) is 11.6 Å². The number of aryl methyl sites for hydroxylation is 2. The van der Waals surface area contributed by atoms with Crippen LogP contribution in [-0.2, 0) is 72.0 Å². The molecule has 4 atom stereocenters. The Labute approximate surface area is 390 Å². The zero-order valence-electron chi connectivity index (χ0n) is 38.7. The molecule has 3 aromatic rings. The quantitative estimate of drug-likeness (QED) is 0.0568. The van der Waals surface area contributed by atoms with Gasteiger partial charge in [0.05, 0.1) is 26.4 Å². The van der Waals surface area contributed by atoms with Crippen LogP contribution in [0.4, 0.5) is 0 Å². The molecule has 0 heterocycles. The summed E-state index contributed by atoms with van der Waals surface area (Å²) in [5, 5.41) is 48.6. The fourth-order valence-electron chi connectivity index (χ4n) is 4.60. The number of benzene rings is 3. The van der Waals surface area contributed by atoms with Crippen molar-refractivity contribution in [3.63, 3.8) is 0 Å². The summed E-state index contributed by atoms with van der Waals surface area (Å²) in [6.45, 7) is 5.68. The van der Waals surface area contributed by atoms with Gasteiger partial charge >= 0.3 is 23.9 Å². The van der Waals surface area contributed by atoms with E-state index in [1.165, 1.54) is 47.3 Å². The minimum absolute atomic E-state index is 0.00379. The van der Waals surface area contributed by atoms with E-state index in [0.29, 0.717) is 32.2 Å². The van der Waals surface area contributed by atoms with Crippen LogP contribution in [0.25, 0.3) is 0 Å². The van der Waals surface area contributed by atoms with Gasteiger partial charge in [-0.3, -0.25) is 38.4 Å². The summed E-state index contributed by atoms with van der Waals surface area (Å²) >= 11 is 0. The van der Waals surface area contributed by atoms with Crippen LogP contribution >= 0.6 is 0 Å². The van der Waals surface area contributed by atoms with Crippen LogP contribution in [0.15, 0.2) is 91.0 Å². The third-order valence-electron chi connectivity index (χ3n) is 7.79. The number of aliphatic carboxylic acids is 2. The maximum atomic E-state index is 11.9. The van der Waals surface area contributed by atoms with Crippen molar-refractivity contribution in [3.05, 3.63) is 108 Å². The molecule has 0 aliphatic heterocycles. The van der Waals surface area contributed by atoms with Gasteiger partial charge in [-0.05, 0) is 29.5 Å². The average Bonchev–Trinajstić information content (AvgIpc) is 3.29. The summed E-state index contributed by atoms with van der Waals surface area (Å²) in [5.74, 6) is -4.69. The normalized spacial score (nSPS) is 11.3. The Morgan fingerprint density at radius 3 is 1.09 bits per heavy atom. The Hall–Kier alpha value is -6.75. The smallest absolute Gasteiger partial charge is 0.328 e. The van der Waals surface area contributed by atoms with E-state index in [-0.39, 0.29) is 36.6 Å². The molecular weight excluding hydrogens is 879 g/mol. The third-order valence-corrected chi connectivity index (χ3v) is 7.79. The highest BCUT2D eigenvalue weighted by atomic mass is 16.6. The molecule has 0 saturated carbocycles. The first-order valence-corrected chi connectivity index (χ1v) is 20.5. The standard InChI is InChI=1S/C14H19NO3.C13H17NO3.C7H9N.C5H9NO4.C4H6O3.C3H7NO3/c1-11(16)15-13(10-18-2)14(17)9-8-12-6-4-3-5-7-12;1-10(16)14-12(9-15)13(17)8-7-11-5-3-2-4-6-11;8-6-7-4-2-1-3-5-7;1-3(8)6-4(2-7)5(9)10;1-3(5)7-4(2)6;4-2(1-5)3(6)7/h3-7,13H,8-10H2,1-2H3,(H,15,16);2-6,12,15H,7-9H2,1H3,(H,14,16);1-5H,6,8H2;4,7H,2H2,1H3,(H,6,8)(H,9,10);1-2H3;2,5H,1,4H2,(H,6,7)/t13-;12-;;4-;;2-/m11.1.1/s1. The van der Waals surface area contributed by atoms with E-state index in [4.69, 9.17) is 41.7 Å². The van der Waals surface area contributed by atoms with E-state index < -0.39 is 67.2 Å². The first-order valence-electron chi connectivity index (χ1n) is 20.5. The average molecular weight is 946 g/mol. The van der Waals surface area contributed by atoms with E-state index in [9.17, 15) is 43.2 Å². The number of hydrogen-bond donors (Lipinski definition) is 10. The lowest BCUT2D eigenvalue weighted by Gasteiger charge is -2.15. The molecule has 21 heteroatoms. The van der Waals surface area contributed by atoms with Crippen molar-refractivity contribution in [3.8, 4) is 0 Å². The Morgan fingerprint density at radius 1 is 0.522 bits per heavy atom. The number of rotatable bonds is 19. The van der Waals surface area contributed by atoms with Crippen LogP contribution in [0.1, 0.15) is 64.2 Å². The van der Waals surface area contributed by atoms with E-state index in [2.05, 4.69) is 15.4 Å². The fraction of sp³-hybridized carbons (Fsp3) is 0.413. The third kappa shape index (κ3) is 39.4. The molecule has 12 N–H and O–H groups in total. The highest BCUT2D eigenvalue weighted by molar-refractivity contribution is 5.89. The van der Waals surface area contributed by atoms with Crippen molar-refractivity contribution in [2.75, 3.05) is 33.5 Å². The van der Waals surface area contributed by atoms with Crippen LogP contribution < -0.4 is 27.4 Å². The summed E-state index contributed by atoms with van der Waals surface area (Å²) < 4.78 is 8.91. The van der Waals surface area contributed by atoms with Crippen LogP contribution in [0.3, 0.4) is 0 Å². The second kappa shape index (κ2) is 40.7. The first-order chi connectivity index (χ1) is 31.6. The largest absolute Gasteiger partial charge is 0.480 e. The van der Waals surface area contributed by atoms with Crippen molar-refractivity contribution in [2.45, 2.75) is 91.0 Å². The highest BCUT2D eigenvalue weighted by Crippen LogP contribution is 2.06. The Kier molecular flexibility index (Phi) is 39.2. The minimum Gasteiger partial charge on any atom is -0.480 e. The number of hydrogen-bond acceptors (Lipinski definition) is 16. The molecule has 0 spiro atoms. The maximum absolute atomic E-state index is 11.9. The van der Waals surface area contributed by atoms with E-state index >= 15 is 0 Å². The Balaban J connectivity index is -0.000000769. The van der Waals surface area contributed by atoms with Crippen LogP contribution in [0.2, 0.25) is 0 Å². The van der Waals surface area contributed by atoms with Gasteiger partial charge in [0.25, 0.3) is 0 Å². The summed E-state index contributed by atoms with van der Waals surface area (Å²) in [6.07, 6.45) is 2.02. The SMILES string of the molecule is CC(=O)N[C@H](CO)C(=O)CCc1ccccc1.CC(=O)N[C@H](CO)C(=O)O.CC(=O)OC(C)=O.COC[C@@H](NC(C)=O)C(=O)CCc1ccccc1.NCc1ccccc1.N[C@H](CO)C(=O)O. The Bertz CT molecular complexity index is 1870. The number of carbonyl (C=O) groups excluding carboxylic acids is 7. The number of amides is 3. The van der Waals surface area contributed by atoms with Crippen molar-refractivity contribution >= 4 is 53.2 Å². The van der Waals surface area contributed by atoms with Crippen LogP contribution in [0, 0.1) is 0 Å². The molecule has 0 aromatic heterocycles. The first kappa shape index (κ1) is 64.5. The van der Waals surface area contributed by atoms with Gasteiger partial charge in [0.1, 0.15) is 24.2 Å². The zero-order valence-corrected chi connectivity index (χ0v) is 38.7. The summed E-state index contributed by atoms with van der Waals surface area (Å²) in [7, 11) is 1.51. The van der Waals surface area contributed by atoms with Crippen LogP contribution in [-0.4, -0.2) is 136 Å². The molecule has 0 fully saturated rings. The van der Waals surface area contributed by atoms with Crippen molar-refractivity contribution in [2.24, 2.45) is 11.5 Å². The number of carbonyl (C=O) groups is 9. The number of aliphatic hydroxyl groups is 3. The number of esters is 2.